The second-order valence-corrected chi connectivity index (χ2v) is 18.3. The van der Waals surface area contributed by atoms with Crippen molar-refractivity contribution in [2.45, 2.75) is 12.8 Å². The van der Waals surface area contributed by atoms with E-state index in [9.17, 15) is 19.8 Å². The number of amides is 3. The van der Waals surface area contributed by atoms with Gasteiger partial charge in [0.1, 0.15) is 11.5 Å². The molecule has 11 rings (SSSR count). The highest BCUT2D eigenvalue weighted by Gasteiger charge is 2.23. The van der Waals surface area contributed by atoms with Gasteiger partial charge in [-0.05, 0) is 147 Å². The summed E-state index contributed by atoms with van der Waals surface area (Å²) in [6.45, 7) is 6.61. The van der Waals surface area contributed by atoms with Crippen LogP contribution in [0.15, 0.2) is 146 Å². The van der Waals surface area contributed by atoms with Crippen LogP contribution in [0.5, 0.6) is 11.5 Å². The molecule has 2 fully saturated rings. The van der Waals surface area contributed by atoms with Gasteiger partial charge in [0.05, 0.1) is 0 Å². The minimum absolute atomic E-state index is 0.0451. The molecule has 20 heteroatoms. The predicted molar refractivity (Wildman–Crippen MR) is 285 cm³/mol. The molecule has 9 aromatic rings. The number of carbonyl (C=O) groups excluding carboxylic acids is 2. The quantitative estimate of drug-likeness (QED) is 0.0675. The molecule has 0 atom stereocenters. The van der Waals surface area contributed by atoms with Gasteiger partial charge in [-0.3, -0.25) is 9.78 Å². The highest BCUT2D eigenvalue weighted by molar-refractivity contribution is 6.33. The van der Waals surface area contributed by atoms with Gasteiger partial charge in [-0.25, -0.2) is 13.8 Å². The number of phenols is 2. The van der Waals surface area contributed by atoms with Gasteiger partial charge in [0.25, 0.3) is 5.91 Å². The number of urea groups is 1. The Labute approximate surface area is 429 Å². The molecule has 5 aromatic heterocycles. The van der Waals surface area contributed by atoms with E-state index in [2.05, 4.69) is 68.3 Å². The predicted octanol–water partition coefficient (Wildman–Crippen LogP) is 9.57. The lowest BCUT2D eigenvalue weighted by Gasteiger charge is -2.36. The van der Waals surface area contributed by atoms with Crippen molar-refractivity contribution >= 4 is 81.1 Å². The Hall–Kier alpha value is -8.45. The summed E-state index contributed by atoms with van der Waals surface area (Å²) in [5, 5.41) is 41.9. The molecular formula is C53H50Cl2N14O4. The van der Waals surface area contributed by atoms with Crippen molar-refractivity contribution in [3.05, 3.63) is 162 Å². The van der Waals surface area contributed by atoms with Crippen molar-refractivity contribution < 1.29 is 19.8 Å². The van der Waals surface area contributed by atoms with E-state index in [0.717, 1.165) is 66.5 Å². The first-order valence-electron chi connectivity index (χ1n) is 23.7. The third-order valence-corrected chi connectivity index (χ3v) is 13.1. The van der Waals surface area contributed by atoms with E-state index in [-0.39, 0.29) is 23.4 Å². The molecule has 0 bridgehead atoms. The Morgan fingerprint density at radius 1 is 0.589 bits per heavy atom. The number of piperazine rings is 1. The summed E-state index contributed by atoms with van der Waals surface area (Å²) in [4.78, 5) is 44.4. The molecule has 0 saturated carbocycles. The number of hydrogen-bond acceptors (Lipinski definition) is 13. The number of rotatable bonds is 12. The van der Waals surface area contributed by atoms with Crippen LogP contribution >= 0.6 is 23.2 Å². The summed E-state index contributed by atoms with van der Waals surface area (Å²) in [6.07, 6.45) is 9.41. The van der Waals surface area contributed by atoms with E-state index in [1.807, 2.05) is 78.0 Å². The summed E-state index contributed by atoms with van der Waals surface area (Å²) in [6, 6.07) is 35.9. The van der Waals surface area contributed by atoms with Gasteiger partial charge < -0.3 is 46.2 Å². The van der Waals surface area contributed by atoms with Gasteiger partial charge in [0, 0.05) is 125 Å². The fourth-order valence-electron chi connectivity index (χ4n) is 8.66. The summed E-state index contributed by atoms with van der Waals surface area (Å²) < 4.78 is 3.33. The van der Waals surface area contributed by atoms with E-state index >= 15 is 0 Å². The number of aromatic hydroxyl groups is 2. The van der Waals surface area contributed by atoms with Gasteiger partial charge in [0.15, 0.2) is 11.3 Å². The number of aromatic nitrogens is 7. The normalized spacial score (nSPS) is 13.7. The van der Waals surface area contributed by atoms with E-state index in [0.29, 0.717) is 69.7 Å². The standard InChI is InChI=1S/C28H24ClN7O2.C25H26ClN7O2/c29-25-7-6-23(37)17-24(25)20-1-8-26-32-28(33-36(26)18-20)31-21-2-4-22(5-3-21)34-13-15-35(16-14-34)27(38)19-9-11-30-12-10-19;26-22-9-8-20(34)15-21(22)17-3-10-23-30-24(31-33(23)16-17)28-18-4-6-19(7-5-18)29-25(35)27-11-14-32-12-1-2-13-32/h1-12,17-18,37H,13-16H2,(H,31,33);3-10,15-16,34H,1-2,11-14H2,(H,28,31)(H2,27,29,35). The summed E-state index contributed by atoms with van der Waals surface area (Å²) in [5.41, 5.74) is 8.53. The highest BCUT2D eigenvalue weighted by atomic mass is 35.5. The lowest BCUT2D eigenvalue weighted by Crippen LogP contribution is -2.48. The van der Waals surface area contributed by atoms with Crippen LogP contribution in [0.2, 0.25) is 10.0 Å². The Bertz CT molecular complexity index is 3380. The van der Waals surface area contributed by atoms with E-state index in [4.69, 9.17) is 23.2 Å². The maximum Gasteiger partial charge on any atom is 0.319 e. The van der Waals surface area contributed by atoms with Crippen molar-refractivity contribution in [1.29, 1.82) is 0 Å². The lowest BCUT2D eigenvalue weighted by molar-refractivity contribution is 0.0746. The largest absolute Gasteiger partial charge is 0.508 e. The number of carbonyl (C=O) groups is 2. The molecular weight excluding hydrogens is 968 g/mol. The van der Waals surface area contributed by atoms with E-state index < -0.39 is 0 Å². The minimum atomic E-state index is -0.213. The molecule has 2 aliphatic rings. The van der Waals surface area contributed by atoms with Crippen molar-refractivity contribution in [2.75, 3.05) is 73.2 Å². The summed E-state index contributed by atoms with van der Waals surface area (Å²) in [7, 11) is 0. The zero-order valence-corrected chi connectivity index (χ0v) is 40.9. The average Bonchev–Trinajstić information content (AvgIpc) is 4.19. The lowest BCUT2D eigenvalue weighted by atomic mass is 10.1. The number of likely N-dealkylation sites (tertiary alicyclic amines) is 1. The third kappa shape index (κ3) is 11.8. The Morgan fingerprint density at radius 2 is 1.11 bits per heavy atom. The van der Waals surface area contributed by atoms with Crippen molar-refractivity contribution in [1.82, 2.24) is 49.3 Å². The number of nitrogens with one attached hydrogen (secondary N) is 4. The van der Waals surface area contributed by atoms with Crippen molar-refractivity contribution in [3.8, 4) is 33.8 Å². The zero-order valence-electron chi connectivity index (χ0n) is 39.4. The number of hydrogen-bond donors (Lipinski definition) is 6. The second-order valence-electron chi connectivity index (χ2n) is 17.5. The third-order valence-electron chi connectivity index (χ3n) is 12.5. The molecule has 73 heavy (non-hydrogen) atoms. The van der Waals surface area contributed by atoms with Gasteiger partial charge in [-0.1, -0.05) is 23.2 Å². The van der Waals surface area contributed by atoms with Gasteiger partial charge in [-0.15, -0.1) is 10.2 Å². The molecule has 0 aliphatic carbocycles. The number of phenolic OH excluding ortho intramolecular Hbond substituents is 2. The van der Waals surface area contributed by atoms with Gasteiger partial charge in [0.2, 0.25) is 11.9 Å². The van der Waals surface area contributed by atoms with Crippen LogP contribution in [-0.2, 0) is 0 Å². The first-order chi connectivity index (χ1) is 35.6. The average molecular weight is 1020 g/mol. The van der Waals surface area contributed by atoms with Crippen LogP contribution in [0.1, 0.15) is 23.2 Å². The first-order valence-corrected chi connectivity index (χ1v) is 24.5. The molecule has 18 nitrogen and oxygen atoms in total. The molecule has 4 aromatic carbocycles. The SMILES string of the molecule is O=C(NCCN1CCCC1)Nc1ccc(Nc2nc3ccc(-c4cc(O)ccc4Cl)cn3n2)cc1.O=C(c1ccncc1)N1CCN(c2ccc(Nc3nc4ccc(-c5cc(O)ccc5Cl)cn4n3)cc2)CC1. The molecule has 370 valence electrons. The fraction of sp³-hybridized carbons (Fsp3) is 0.189. The Morgan fingerprint density at radius 3 is 1.66 bits per heavy atom. The van der Waals surface area contributed by atoms with Crippen LogP contribution in [0.4, 0.5) is 39.4 Å². The number of halogens is 2. The van der Waals surface area contributed by atoms with Crippen molar-refractivity contribution in [2.24, 2.45) is 0 Å². The molecule has 2 saturated heterocycles. The smallest absolute Gasteiger partial charge is 0.319 e. The van der Waals surface area contributed by atoms with Crippen LogP contribution in [0, 0.1) is 0 Å². The summed E-state index contributed by atoms with van der Waals surface area (Å²) in [5.74, 6) is 1.24. The van der Waals surface area contributed by atoms with Crippen LogP contribution < -0.4 is 26.2 Å². The zero-order chi connectivity index (χ0) is 50.3. The van der Waals surface area contributed by atoms with Crippen molar-refractivity contribution in [3.63, 3.8) is 0 Å². The molecule has 7 heterocycles. The van der Waals surface area contributed by atoms with Crippen LogP contribution in [-0.4, -0.2) is 118 Å². The fourth-order valence-corrected chi connectivity index (χ4v) is 9.12. The van der Waals surface area contributed by atoms with E-state index in [1.54, 1.807) is 70.0 Å². The second kappa shape index (κ2) is 21.9. The van der Waals surface area contributed by atoms with E-state index in [1.165, 1.54) is 12.8 Å². The first kappa shape index (κ1) is 48.2. The Kier molecular flexibility index (Phi) is 14.5. The number of benzene rings is 4. The molecule has 3 amide bonds. The number of fused-ring (bicyclic) bond motifs is 2. The topological polar surface area (TPSA) is 206 Å². The maximum absolute atomic E-state index is 12.7. The van der Waals surface area contributed by atoms with Gasteiger partial charge in [-0.2, -0.15) is 9.97 Å². The number of pyridine rings is 3. The number of nitrogens with zero attached hydrogens (tertiary/aromatic N) is 10. The van der Waals surface area contributed by atoms with Gasteiger partial charge >= 0.3 is 6.03 Å². The van der Waals surface area contributed by atoms with Crippen LogP contribution in [0.3, 0.4) is 0 Å². The maximum atomic E-state index is 12.7. The van der Waals surface area contributed by atoms with Crippen LogP contribution in [0.25, 0.3) is 33.5 Å². The summed E-state index contributed by atoms with van der Waals surface area (Å²) >= 11 is 12.6. The molecule has 0 unspecified atom stereocenters. The minimum Gasteiger partial charge on any atom is -0.508 e. The molecule has 2 aliphatic heterocycles. The molecule has 0 radical (unpaired) electrons. The Balaban J connectivity index is 0.000000168. The highest BCUT2D eigenvalue weighted by Crippen LogP contribution is 2.33. The molecule has 6 N–H and O–H groups in total. The monoisotopic (exact) mass is 1020 g/mol. The number of anilines is 6. The molecule has 0 spiro atoms.